The zero-order chi connectivity index (χ0) is 92.1. The fraction of sp³-hybridized carbons (Fsp3) is 0.634. The quantitative estimate of drug-likeness (QED) is 0.0117. The molecule has 6 N–H and O–H groups in total. The molecule has 6 aromatic rings. The lowest BCUT2D eigenvalue weighted by Gasteiger charge is -2.42. The fourth-order valence-corrected chi connectivity index (χ4v) is 18.7. The largest absolute Gasteiger partial charge is 0.478 e. The van der Waals surface area contributed by atoms with Gasteiger partial charge in [0.1, 0.15) is 33.1 Å². The van der Waals surface area contributed by atoms with Gasteiger partial charge in [0.15, 0.2) is 38.3 Å². The number of aromatic carboxylic acids is 1. The number of carboxylic acids is 1. The Morgan fingerprint density at radius 3 is 1.28 bits per heavy atom. The molecule has 29 nitrogen and oxygen atoms in total. The Bertz CT molecular complexity index is 4930. The number of carbonyl (C=O) groups is 4. The van der Waals surface area contributed by atoms with Crippen molar-refractivity contribution in [2.45, 2.75) is 281 Å². The average Bonchev–Trinajstić information content (AvgIpc) is 1.58. The highest BCUT2D eigenvalue weighted by molar-refractivity contribution is 7.90. The Labute approximate surface area is 729 Å². The fourth-order valence-electron chi connectivity index (χ4n) is 14.0. The van der Waals surface area contributed by atoms with Gasteiger partial charge in [-0.15, -0.1) is 10.2 Å². The van der Waals surface area contributed by atoms with Crippen LogP contribution in [0.15, 0.2) is 95.2 Å². The van der Waals surface area contributed by atoms with Crippen molar-refractivity contribution in [1.29, 1.82) is 0 Å². The number of hydrogen-bond acceptors (Lipinski definition) is 22. The van der Waals surface area contributed by atoms with Gasteiger partial charge in [0, 0.05) is 74.6 Å². The average molecular weight is 1850 g/mol. The van der Waals surface area contributed by atoms with E-state index < -0.39 is 95.2 Å². The van der Waals surface area contributed by atoms with E-state index in [4.69, 9.17) is 61.2 Å². The number of likely N-dealkylation sites (tertiary alicyclic amines) is 2. The molecule has 2 aliphatic carbocycles. The number of nitrogens with zero attached hydrogens (tertiary/aromatic N) is 10. The lowest BCUT2D eigenvalue weighted by Crippen LogP contribution is -2.49. The summed E-state index contributed by atoms with van der Waals surface area (Å²) < 4.78 is 173. The monoisotopic (exact) mass is 1840 g/mol. The predicted molar refractivity (Wildman–Crippen MR) is 460 cm³/mol. The summed E-state index contributed by atoms with van der Waals surface area (Å²) >= 11 is 12.3. The molecule has 4 aliphatic rings. The van der Waals surface area contributed by atoms with Crippen molar-refractivity contribution < 1.29 is 95.3 Å². The first kappa shape index (κ1) is 100. The second-order valence-corrected chi connectivity index (χ2v) is 51.5. The molecule has 2 saturated carbocycles. The Balaban J connectivity index is 0.000000254. The second-order valence-electron chi connectivity index (χ2n) is 38.1. The second kappa shape index (κ2) is 38.3. The van der Waals surface area contributed by atoms with E-state index in [2.05, 4.69) is 54.6 Å². The van der Waals surface area contributed by atoms with Crippen LogP contribution in [0.2, 0.25) is 46.6 Å². The van der Waals surface area contributed by atoms with Crippen LogP contribution in [-0.4, -0.2) is 198 Å². The summed E-state index contributed by atoms with van der Waals surface area (Å²) in [5.74, 6) is -0.00757. The minimum absolute atomic E-state index is 0.000268. The van der Waals surface area contributed by atoms with E-state index in [0.29, 0.717) is 43.7 Å². The molecule has 2 saturated heterocycles. The van der Waals surface area contributed by atoms with Crippen molar-refractivity contribution in [3.05, 3.63) is 107 Å². The van der Waals surface area contributed by atoms with Crippen LogP contribution in [0.25, 0.3) is 11.6 Å². The van der Waals surface area contributed by atoms with Gasteiger partial charge in [-0.1, -0.05) is 76.9 Å². The van der Waals surface area contributed by atoms with Crippen molar-refractivity contribution in [2.75, 3.05) is 50.0 Å². The van der Waals surface area contributed by atoms with E-state index in [9.17, 15) is 62.4 Å². The molecule has 4 atom stereocenters. The number of nitrogens with two attached hydrogens (primary N) is 1. The van der Waals surface area contributed by atoms with Crippen molar-refractivity contribution in [1.82, 2.24) is 54.0 Å². The maximum atomic E-state index is 14.2. The van der Waals surface area contributed by atoms with Gasteiger partial charge in [-0.3, -0.25) is 4.79 Å². The van der Waals surface area contributed by atoms with E-state index in [1.54, 1.807) is 29.2 Å². The van der Waals surface area contributed by atoms with Crippen LogP contribution in [0, 0.1) is 22.7 Å². The normalized spacial score (nSPS) is 18.2. The number of aromatic nitrogens is 8. The molecule has 0 radical (unpaired) electrons. The summed E-state index contributed by atoms with van der Waals surface area (Å²) in [6.07, 6.45) is -2.93. The van der Waals surface area contributed by atoms with Gasteiger partial charge >= 0.3 is 30.5 Å². The molecule has 0 spiro atoms. The maximum absolute atomic E-state index is 14.2. The van der Waals surface area contributed by atoms with Gasteiger partial charge in [0.25, 0.3) is 26.0 Å². The van der Waals surface area contributed by atoms with Crippen LogP contribution in [0.3, 0.4) is 0 Å². The number of ether oxygens (including phenoxy) is 4. The summed E-state index contributed by atoms with van der Waals surface area (Å²) in [5.41, 5.74) is -5.73. The smallest absolute Gasteiger partial charge is 0.410 e. The van der Waals surface area contributed by atoms with Gasteiger partial charge in [0.2, 0.25) is 11.8 Å². The lowest BCUT2D eigenvalue weighted by molar-refractivity contribution is -0.214. The molecular weight excluding hydrogens is 1730 g/mol. The van der Waals surface area contributed by atoms with Crippen LogP contribution in [0.1, 0.15) is 209 Å². The molecule has 41 heteroatoms. The topological polar surface area (TPSA) is 368 Å². The molecule has 684 valence electrons. The zero-order valence-electron chi connectivity index (χ0n) is 73.7. The van der Waals surface area contributed by atoms with Gasteiger partial charge < -0.3 is 53.3 Å². The first-order valence-corrected chi connectivity index (χ1v) is 50.5. The maximum Gasteiger partial charge on any atom is 0.410 e. The molecular formula is C82H120Cl2F6N14O15S2Si2. The first-order chi connectivity index (χ1) is 56.4. The minimum atomic E-state index is -4.43. The number of hydrogen-bond donors (Lipinski definition) is 5. The number of pyridine rings is 4. The number of carbonyl (C=O) groups excluding carboxylic acids is 3. The van der Waals surface area contributed by atoms with Gasteiger partial charge in [-0.05, 0) is 230 Å². The molecule has 123 heavy (non-hydrogen) atoms. The Morgan fingerprint density at radius 2 is 0.935 bits per heavy atom. The van der Waals surface area contributed by atoms with Crippen LogP contribution in [0.5, 0.6) is 11.8 Å². The number of alkyl halides is 6. The molecule has 6 aromatic heterocycles. The molecule has 2 unspecified atom stereocenters. The number of rotatable bonds is 31. The third-order valence-electron chi connectivity index (χ3n) is 23.0. The van der Waals surface area contributed by atoms with Crippen LogP contribution in [-0.2, 0) is 38.4 Å². The summed E-state index contributed by atoms with van der Waals surface area (Å²) in [4.78, 5) is 69.5. The Morgan fingerprint density at radius 1 is 0.561 bits per heavy atom. The first-order valence-electron chi connectivity index (χ1n) is 40.9. The third kappa shape index (κ3) is 26.8. The summed E-state index contributed by atoms with van der Waals surface area (Å²) in [7, 11) is -13.2. The standard InChI is InChI=1S/C41H59ClF3N7O7SSi.C22H29ClF3N3O4Si.C19H32N4O4S/c1-37(2,3)58-36(54)51-26-27(25-39(51,7)8)13-12-22-46-30-14-11-15-33(47-30)60(55,56)50-35(53)28-16-17-31(48-34(28)42)52-23-18-32(49-52)57-24-19-29(40(20-21-40)41(43,44)45)59-61(9,10)38(4,5)6;1-20(2,3)34(4,5)33-15(21(10-11-21)22(24,25)26)9-13-32-17-8-12-29(28-17)16-7-6-14(19(30)31)18(23)27-16;1-18(2,3)27-17(24)23-13-14(12-19(23,4)5)8-7-11-21-15-9-6-10-16(22-15)28(20,25)26/h11,14-18,23,27,29H,12-13,19-22,24-26H2,1-10H3,(H,46,47)(H,50,53);6-8,12,15H,9-11,13H2,1-5H3,(H,30,31);6,9-10,14H,7-8,11-13H2,1-5H3,(H,21,22)(H2,20,25,26)/t27-,29?;;14-/m0.0/s1. The van der Waals surface area contributed by atoms with E-state index >= 15 is 0 Å². The summed E-state index contributed by atoms with van der Waals surface area (Å²) in [5, 5.41) is 27.4. The van der Waals surface area contributed by atoms with Crippen LogP contribution < -0.4 is 30.0 Å². The predicted octanol–water partition coefficient (Wildman–Crippen LogP) is 18.2. The van der Waals surface area contributed by atoms with Crippen molar-refractivity contribution >= 4 is 95.6 Å². The van der Waals surface area contributed by atoms with Crippen molar-refractivity contribution in [3.8, 4) is 23.4 Å². The van der Waals surface area contributed by atoms with Gasteiger partial charge in [-0.2, -0.15) is 34.8 Å². The lowest BCUT2D eigenvalue weighted by atomic mass is 9.93. The highest BCUT2D eigenvalue weighted by Gasteiger charge is 2.70. The van der Waals surface area contributed by atoms with E-state index in [0.717, 1.165) is 38.5 Å². The number of primary sulfonamides is 1. The third-order valence-corrected chi connectivity index (χ3v) is 34.6. The van der Waals surface area contributed by atoms with E-state index in [1.165, 1.54) is 70.3 Å². The minimum Gasteiger partial charge on any atom is -0.478 e. The number of halogens is 8. The SMILES string of the molecule is CC(C)(C)OC(=O)N1C[C@@H](CCCNc2cccc(S(=O)(=O)NC(=O)c3ccc(-n4ccc(OCCC(O[Si](C)(C)C(C)(C)C)C5(C(F)(F)F)CC5)n4)nc3Cl)n2)CC1(C)C.CC(C)(C)OC(=O)N1C[C@@H](CCCNc2cccc(S(N)(=O)=O)n2)CC1(C)C.CC(C)(C)[Si](C)(C)OC(CCOc1ccn(-c2ccc(C(=O)O)c(Cl)n2)n1)C1(C(F)(F)F)CC1. The molecule has 2 aliphatic heterocycles. The Hall–Kier alpha value is -7.93. The highest BCUT2D eigenvalue weighted by atomic mass is 35.5. The van der Waals surface area contributed by atoms with Crippen LogP contribution in [0.4, 0.5) is 47.6 Å². The van der Waals surface area contributed by atoms with Gasteiger partial charge in [-0.25, -0.2) is 62.0 Å². The number of amides is 3. The van der Waals surface area contributed by atoms with Gasteiger partial charge in [0.05, 0.1) is 47.4 Å². The number of carboxylic acid groups (broad SMARTS) is 1. The number of nitrogens with one attached hydrogen (secondary N) is 3. The summed E-state index contributed by atoms with van der Waals surface area (Å²) in [6, 6.07) is 17.6. The van der Waals surface area contributed by atoms with E-state index in [-0.39, 0.29) is 146 Å². The molecule has 0 aromatic carbocycles. The Kier molecular flexibility index (Phi) is 31.3. The highest BCUT2D eigenvalue weighted by Crippen LogP contribution is 2.64. The van der Waals surface area contributed by atoms with Crippen LogP contribution >= 0.6 is 23.2 Å². The molecule has 4 fully saturated rings. The van der Waals surface area contributed by atoms with E-state index in [1.807, 2.05) is 133 Å². The molecule has 10 rings (SSSR count). The number of anilines is 2. The molecule has 3 amide bonds. The number of sulfonamides is 2. The zero-order valence-corrected chi connectivity index (χ0v) is 78.8. The van der Waals surface area contributed by atoms with Crippen molar-refractivity contribution in [2.24, 2.45) is 27.8 Å². The van der Waals surface area contributed by atoms with Crippen molar-refractivity contribution in [3.63, 3.8) is 0 Å². The molecule has 0 bridgehead atoms. The molecule has 8 heterocycles. The summed E-state index contributed by atoms with van der Waals surface area (Å²) in [6.45, 7) is 41.4.